The van der Waals surface area contributed by atoms with Gasteiger partial charge in [0.1, 0.15) is 24.5 Å². The molecule has 2 N–H and O–H groups in total. The molecule has 31 heavy (non-hydrogen) atoms. The van der Waals surface area contributed by atoms with Gasteiger partial charge in [-0.25, -0.2) is 4.79 Å². The molecule has 0 spiro atoms. The van der Waals surface area contributed by atoms with Gasteiger partial charge in [0.15, 0.2) is 0 Å². The maximum absolute atomic E-state index is 12.2. The number of carbonyl (C=O) groups excluding carboxylic acids is 1. The third-order valence-electron chi connectivity index (χ3n) is 5.78. The molecule has 0 amide bonds. The fraction of sp³-hybridized carbons (Fsp3) is 0.375. The number of esters is 1. The highest BCUT2D eigenvalue weighted by atomic mass is 16.6. The maximum Gasteiger partial charge on any atom is 0.342 e. The van der Waals surface area contributed by atoms with Crippen LogP contribution in [-0.2, 0) is 14.3 Å². The van der Waals surface area contributed by atoms with Gasteiger partial charge in [0.25, 0.3) is 0 Å². The number of para-hydroxylation sites is 2. The largest absolute Gasteiger partial charge is 0.492 e. The van der Waals surface area contributed by atoms with Crippen molar-refractivity contribution in [3.8, 4) is 0 Å². The summed E-state index contributed by atoms with van der Waals surface area (Å²) in [6.07, 6.45) is 0. The molecule has 164 valence electrons. The molecule has 1 fully saturated rings. The first-order valence-electron chi connectivity index (χ1n) is 10.7. The molecule has 1 saturated heterocycles. The van der Waals surface area contributed by atoms with Gasteiger partial charge in [0, 0.05) is 52.5 Å². The standard InChI is InChI=1S/C24H30N4O3/c1-26(2)20-5-3-4-6-21(20)28-13-11-27(12-14-28)15-16-30-22-17-31-24(29)23(22)18-7-9-19(25)10-8-18/h3-10H,11-17,25H2,1-2H3. The lowest BCUT2D eigenvalue weighted by atomic mass is 10.1. The van der Waals surface area contributed by atoms with E-state index in [1.165, 1.54) is 11.4 Å². The Bertz CT molecular complexity index is 948. The zero-order valence-electron chi connectivity index (χ0n) is 18.2. The Kier molecular flexibility index (Phi) is 6.32. The molecule has 2 heterocycles. The van der Waals surface area contributed by atoms with E-state index in [-0.39, 0.29) is 12.6 Å². The third-order valence-corrected chi connectivity index (χ3v) is 5.78. The number of nitrogens with zero attached hydrogens (tertiary/aromatic N) is 3. The van der Waals surface area contributed by atoms with Crippen LogP contribution in [0.2, 0.25) is 0 Å². The van der Waals surface area contributed by atoms with Crippen molar-refractivity contribution in [1.29, 1.82) is 0 Å². The molecule has 4 rings (SSSR count). The van der Waals surface area contributed by atoms with E-state index in [0.29, 0.717) is 23.6 Å². The lowest BCUT2D eigenvalue weighted by Gasteiger charge is -2.37. The minimum absolute atomic E-state index is 0.188. The van der Waals surface area contributed by atoms with Crippen molar-refractivity contribution in [2.45, 2.75) is 0 Å². The Labute approximate surface area is 183 Å². The van der Waals surface area contributed by atoms with Gasteiger partial charge in [-0.05, 0) is 29.8 Å². The second-order valence-corrected chi connectivity index (χ2v) is 8.06. The number of nitrogens with two attached hydrogens (primary N) is 1. The molecule has 7 nitrogen and oxygen atoms in total. The first-order chi connectivity index (χ1) is 15.0. The van der Waals surface area contributed by atoms with E-state index in [2.05, 4.69) is 53.1 Å². The lowest BCUT2D eigenvalue weighted by molar-refractivity contribution is -0.134. The molecule has 0 radical (unpaired) electrons. The van der Waals surface area contributed by atoms with E-state index in [0.717, 1.165) is 38.3 Å². The highest BCUT2D eigenvalue weighted by Crippen LogP contribution is 2.29. The molecular weight excluding hydrogens is 392 g/mol. The summed E-state index contributed by atoms with van der Waals surface area (Å²) >= 11 is 0. The van der Waals surface area contributed by atoms with Crippen LogP contribution in [0.4, 0.5) is 17.1 Å². The molecule has 0 unspecified atom stereocenters. The molecule has 7 heteroatoms. The molecule has 2 aromatic rings. The van der Waals surface area contributed by atoms with Crippen molar-refractivity contribution in [2.24, 2.45) is 0 Å². The summed E-state index contributed by atoms with van der Waals surface area (Å²) in [6.45, 7) is 5.44. The second-order valence-electron chi connectivity index (χ2n) is 8.06. The Morgan fingerprint density at radius 2 is 1.74 bits per heavy atom. The summed E-state index contributed by atoms with van der Waals surface area (Å²) in [5, 5.41) is 0. The average molecular weight is 423 g/mol. The number of piperazine rings is 1. The highest BCUT2D eigenvalue weighted by molar-refractivity contribution is 6.18. The summed E-state index contributed by atoms with van der Waals surface area (Å²) in [7, 11) is 4.16. The summed E-state index contributed by atoms with van der Waals surface area (Å²) in [5.74, 6) is 0.265. The Morgan fingerprint density at radius 3 is 2.45 bits per heavy atom. The summed E-state index contributed by atoms with van der Waals surface area (Å²) in [4.78, 5) is 19.2. The van der Waals surface area contributed by atoms with Crippen LogP contribution in [0.3, 0.4) is 0 Å². The number of benzene rings is 2. The van der Waals surface area contributed by atoms with Gasteiger partial charge < -0.3 is 25.0 Å². The van der Waals surface area contributed by atoms with Gasteiger partial charge in [0.2, 0.25) is 0 Å². The van der Waals surface area contributed by atoms with Crippen LogP contribution >= 0.6 is 0 Å². The molecule has 2 aromatic carbocycles. The lowest BCUT2D eigenvalue weighted by Crippen LogP contribution is -2.47. The first kappa shape index (κ1) is 21.1. The van der Waals surface area contributed by atoms with E-state index >= 15 is 0 Å². The topological polar surface area (TPSA) is 71.3 Å². The molecule has 0 aliphatic carbocycles. The second kappa shape index (κ2) is 9.31. The van der Waals surface area contributed by atoms with Crippen LogP contribution in [0.5, 0.6) is 0 Å². The fourth-order valence-electron chi connectivity index (χ4n) is 4.05. The average Bonchev–Trinajstić information content (AvgIpc) is 3.15. The zero-order valence-corrected chi connectivity index (χ0v) is 18.2. The van der Waals surface area contributed by atoms with Crippen molar-refractivity contribution < 1.29 is 14.3 Å². The van der Waals surface area contributed by atoms with E-state index in [1.54, 1.807) is 12.1 Å². The van der Waals surface area contributed by atoms with Crippen molar-refractivity contribution in [3.05, 3.63) is 59.9 Å². The number of cyclic esters (lactones) is 1. The number of anilines is 3. The Morgan fingerprint density at radius 1 is 1.03 bits per heavy atom. The number of hydrogen-bond donors (Lipinski definition) is 1. The normalized spacial score (nSPS) is 17.1. The quantitative estimate of drug-likeness (QED) is 0.543. The van der Waals surface area contributed by atoms with Crippen molar-refractivity contribution in [1.82, 2.24) is 4.90 Å². The predicted octanol–water partition coefficient (Wildman–Crippen LogP) is 2.44. The summed E-state index contributed by atoms with van der Waals surface area (Å²) in [6, 6.07) is 15.7. The number of rotatable bonds is 7. The fourth-order valence-corrected chi connectivity index (χ4v) is 4.05. The minimum Gasteiger partial charge on any atom is -0.492 e. The molecule has 0 saturated carbocycles. The minimum atomic E-state index is -0.340. The third kappa shape index (κ3) is 4.77. The van der Waals surface area contributed by atoms with E-state index < -0.39 is 0 Å². The van der Waals surface area contributed by atoms with E-state index in [1.807, 2.05) is 12.1 Å². The van der Waals surface area contributed by atoms with Gasteiger partial charge in [-0.3, -0.25) is 4.90 Å². The number of hydrogen-bond acceptors (Lipinski definition) is 7. The van der Waals surface area contributed by atoms with Crippen LogP contribution in [0, 0.1) is 0 Å². The summed E-state index contributed by atoms with van der Waals surface area (Å²) < 4.78 is 11.2. The molecule has 2 aliphatic rings. The van der Waals surface area contributed by atoms with Gasteiger partial charge in [0.05, 0.1) is 11.4 Å². The van der Waals surface area contributed by atoms with Crippen molar-refractivity contribution in [2.75, 3.05) is 75.6 Å². The highest BCUT2D eigenvalue weighted by Gasteiger charge is 2.28. The van der Waals surface area contributed by atoms with Gasteiger partial charge >= 0.3 is 5.97 Å². The van der Waals surface area contributed by atoms with Crippen LogP contribution in [-0.4, -0.2) is 70.9 Å². The Hall–Kier alpha value is -3.19. The molecule has 0 atom stereocenters. The monoisotopic (exact) mass is 422 g/mol. The number of carbonyl (C=O) groups is 1. The number of nitrogen functional groups attached to an aromatic ring is 1. The maximum atomic E-state index is 12.2. The molecule has 2 aliphatic heterocycles. The Balaban J connectivity index is 1.31. The van der Waals surface area contributed by atoms with Crippen LogP contribution < -0.4 is 15.5 Å². The SMILES string of the molecule is CN(C)c1ccccc1N1CCN(CCOC2=C(c3ccc(N)cc3)C(=O)OC2)CC1. The summed E-state index contributed by atoms with van der Waals surface area (Å²) in [5.41, 5.74) is 10.2. The first-order valence-corrected chi connectivity index (χ1v) is 10.7. The van der Waals surface area contributed by atoms with E-state index in [4.69, 9.17) is 15.2 Å². The van der Waals surface area contributed by atoms with Gasteiger partial charge in [-0.1, -0.05) is 24.3 Å². The predicted molar refractivity (Wildman–Crippen MR) is 124 cm³/mol. The molecule has 0 bridgehead atoms. The van der Waals surface area contributed by atoms with Crippen molar-refractivity contribution in [3.63, 3.8) is 0 Å². The van der Waals surface area contributed by atoms with Crippen LogP contribution in [0.25, 0.3) is 5.57 Å². The van der Waals surface area contributed by atoms with Crippen LogP contribution in [0.1, 0.15) is 5.56 Å². The molecule has 0 aromatic heterocycles. The smallest absolute Gasteiger partial charge is 0.342 e. The molecular formula is C24H30N4O3. The van der Waals surface area contributed by atoms with Gasteiger partial charge in [-0.2, -0.15) is 0 Å². The van der Waals surface area contributed by atoms with Crippen LogP contribution in [0.15, 0.2) is 54.3 Å². The van der Waals surface area contributed by atoms with Crippen molar-refractivity contribution >= 4 is 28.6 Å². The zero-order chi connectivity index (χ0) is 21.8. The number of ether oxygens (including phenoxy) is 2. The van der Waals surface area contributed by atoms with Gasteiger partial charge in [-0.15, -0.1) is 0 Å². The van der Waals surface area contributed by atoms with E-state index in [9.17, 15) is 4.79 Å².